The van der Waals surface area contributed by atoms with Gasteiger partial charge in [-0.1, -0.05) is 6.07 Å². The van der Waals surface area contributed by atoms with Crippen LogP contribution in [0.15, 0.2) is 46.8 Å². The number of hydrogen-bond acceptors (Lipinski definition) is 5. The predicted molar refractivity (Wildman–Crippen MR) is 98.4 cm³/mol. The van der Waals surface area contributed by atoms with Gasteiger partial charge in [-0.3, -0.25) is 0 Å². The Labute approximate surface area is 155 Å². The molecule has 3 rings (SSSR count). The number of benzene rings is 1. The number of nitrogens with zero attached hydrogens (tertiary/aromatic N) is 2. The van der Waals surface area contributed by atoms with Crippen LogP contribution in [0.3, 0.4) is 0 Å². The summed E-state index contributed by atoms with van der Waals surface area (Å²) < 4.78 is 47.7. The molecule has 138 valence electrons. The summed E-state index contributed by atoms with van der Waals surface area (Å²) in [6.45, 7) is 0.136. The third kappa shape index (κ3) is 3.95. The van der Waals surface area contributed by atoms with Crippen LogP contribution < -0.4 is 9.46 Å². The number of thiophene rings is 1. The number of sulfonamides is 1. The van der Waals surface area contributed by atoms with E-state index in [1.165, 1.54) is 13.2 Å². The van der Waals surface area contributed by atoms with Crippen molar-refractivity contribution in [2.45, 2.75) is 11.3 Å². The Kier molecular flexibility index (Phi) is 5.40. The third-order valence-electron chi connectivity index (χ3n) is 3.80. The fourth-order valence-corrected chi connectivity index (χ4v) is 4.41. The van der Waals surface area contributed by atoms with Crippen LogP contribution in [0, 0.1) is 5.82 Å². The first kappa shape index (κ1) is 18.6. The van der Waals surface area contributed by atoms with Gasteiger partial charge in [-0.25, -0.2) is 22.5 Å². The molecule has 26 heavy (non-hydrogen) atoms. The first-order chi connectivity index (χ1) is 12.4. The number of methoxy groups -OCH3 is 1. The van der Waals surface area contributed by atoms with Crippen molar-refractivity contribution in [2.75, 3.05) is 13.7 Å². The maximum atomic E-state index is 13.4. The average molecular weight is 395 g/mol. The Morgan fingerprint density at radius 2 is 2.15 bits per heavy atom. The van der Waals surface area contributed by atoms with Crippen LogP contribution in [-0.4, -0.2) is 31.6 Å². The molecule has 1 aromatic carbocycles. The van der Waals surface area contributed by atoms with Crippen molar-refractivity contribution < 1.29 is 17.5 Å². The van der Waals surface area contributed by atoms with E-state index in [1.54, 1.807) is 11.3 Å². The van der Waals surface area contributed by atoms with Crippen LogP contribution in [0.4, 0.5) is 4.39 Å². The van der Waals surface area contributed by atoms with Gasteiger partial charge in [0.1, 0.15) is 22.3 Å². The second-order valence-electron chi connectivity index (χ2n) is 5.57. The summed E-state index contributed by atoms with van der Waals surface area (Å²) in [5.41, 5.74) is 0.854. The zero-order valence-corrected chi connectivity index (χ0v) is 15.9. The maximum Gasteiger partial charge on any atom is 0.244 e. The van der Waals surface area contributed by atoms with Gasteiger partial charge in [0.25, 0.3) is 0 Å². The van der Waals surface area contributed by atoms with Crippen LogP contribution in [-0.2, 0) is 23.5 Å². The summed E-state index contributed by atoms with van der Waals surface area (Å²) in [7, 11) is -0.691. The molecule has 0 spiro atoms. The van der Waals surface area contributed by atoms with Crippen molar-refractivity contribution in [1.82, 2.24) is 14.3 Å². The highest BCUT2D eigenvalue weighted by Crippen LogP contribution is 2.25. The lowest BCUT2D eigenvalue weighted by Gasteiger charge is -2.10. The Bertz CT molecular complexity index is 998. The zero-order valence-electron chi connectivity index (χ0n) is 14.3. The molecule has 0 aliphatic heterocycles. The number of hydrogen-bond donors (Lipinski definition) is 1. The minimum atomic E-state index is -3.89. The average Bonchev–Trinajstić information content (AvgIpc) is 3.25. The molecule has 0 radical (unpaired) electrons. The highest BCUT2D eigenvalue weighted by molar-refractivity contribution is 7.89. The topological polar surface area (TPSA) is 73.2 Å². The molecule has 2 aromatic heterocycles. The fraction of sp³-hybridized carbons (Fsp3) is 0.235. The number of aryl methyl sites for hydroxylation is 1. The predicted octanol–water partition coefficient (Wildman–Crippen LogP) is 2.82. The third-order valence-corrected chi connectivity index (χ3v) is 6.18. The highest BCUT2D eigenvalue weighted by Gasteiger charge is 2.20. The fourth-order valence-electron chi connectivity index (χ4n) is 2.52. The number of rotatable bonds is 7. The molecular formula is C17H18FN3O3S2. The number of imidazole rings is 1. The van der Waals surface area contributed by atoms with E-state index in [4.69, 9.17) is 4.74 Å². The molecule has 6 nitrogen and oxygen atoms in total. The monoisotopic (exact) mass is 395 g/mol. The minimum Gasteiger partial charge on any atom is -0.495 e. The van der Waals surface area contributed by atoms with Crippen LogP contribution >= 0.6 is 11.3 Å². The van der Waals surface area contributed by atoms with E-state index in [-0.39, 0.29) is 17.2 Å². The maximum absolute atomic E-state index is 13.4. The summed E-state index contributed by atoms with van der Waals surface area (Å²) in [5, 5.41) is 1.98. The second-order valence-corrected chi connectivity index (χ2v) is 8.26. The molecule has 1 N–H and O–H groups in total. The lowest BCUT2D eigenvalue weighted by molar-refractivity contribution is 0.400. The van der Waals surface area contributed by atoms with Crippen LogP contribution in [0.25, 0.3) is 10.6 Å². The second kappa shape index (κ2) is 7.56. The summed E-state index contributed by atoms with van der Waals surface area (Å²) in [6, 6.07) is 7.31. The molecular weight excluding hydrogens is 377 g/mol. The summed E-state index contributed by atoms with van der Waals surface area (Å²) >= 11 is 1.59. The van der Waals surface area contributed by atoms with Crippen molar-refractivity contribution in [2.24, 2.45) is 7.05 Å². The van der Waals surface area contributed by atoms with Crippen LogP contribution in [0.2, 0.25) is 0 Å². The van der Waals surface area contributed by atoms with Gasteiger partial charge in [-0.2, -0.15) is 0 Å². The van der Waals surface area contributed by atoms with Crippen molar-refractivity contribution in [1.29, 1.82) is 0 Å². The summed E-state index contributed by atoms with van der Waals surface area (Å²) in [5.74, 6) is 0.203. The summed E-state index contributed by atoms with van der Waals surface area (Å²) in [4.78, 5) is 5.38. The number of nitrogens with one attached hydrogen (secondary N) is 1. The van der Waals surface area contributed by atoms with E-state index in [0.717, 1.165) is 28.5 Å². The van der Waals surface area contributed by atoms with Gasteiger partial charge >= 0.3 is 0 Å². The largest absolute Gasteiger partial charge is 0.495 e. The first-order valence-electron chi connectivity index (χ1n) is 7.80. The quantitative estimate of drug-likeness (QED) is 0.668. The smallest absolute Gasteiger partial charge is 0.244 e. The van der Waals surface area contributed by atoms with Crippen molar-refractivity contribution in [3.05, 3.63) is 53.6 Å². The summed E-state index contributed by atoms with van der Waals surface area (Å²) in [6.07, 6.45) is 2.31. The van der Waals surface area contributed by atoms with E-state index >= 15 is 0 Å². The molecule has 9 heteroatoms. The standard InChI is InChI=1S/C17H18FN3O3S2/c1-21-11-13(15-4-3-9-25-15)20-17(21)7-8-19-26(22,23)16-10-12(18)5-6-14(16)24-2/h3-6,9-11,19H,7-8H2,1-2H3. The van der Waals surface area contributed by atoms with Crippen molar-refractivity contribution in [3.63, 3.8) is 0 Å². The highest BCUT2D eigenvalue weighted by atomic mass is 32.2. The Morgan fingerprint density at radius 3 is 2.85 bits per heavy atom. The molecule has 0 fully saturated rings. The minimum absolute atomic E-state index is 0.0934. The Hall–Kier alpha value is -2.23. The zero-order chi connectivity index (χ0) is 18.7. The van der Waals surface area contributed by atoms with Gasteiger partial charge in [0, 0.05) is 26.2 Å². The van der Waals surface area contributed by atoms with Gasteiger partial charge in [-0.05, 0) is 29.6 Å². The molecule has 0 aliphatic carbocycles. The van der Waals surface area contributed by atoms with Gasteiger partial charge in [0.15, 0.2) is 0 Å². The van der Waals surface area contributed by atoms with Gasteiger partial charge in [-0.15, -0.1) is 11.3 Å². The van der Waals surface area contributed by atoms with E-state index in [2.05, 4.69) is 9.71 Å². The Balaban J connectivity index is 1.71. The Morgan fingerprint density at radius 1 is 1.35 bits per heavy atom. The van der Waals surface area contributed by atoms with Crippen molar-refractivity contribution in [3.8, 4) is 16.3 Å². The van der Waals surface area contributed by atoms with E-state index in [1.807, 2.05) is 35.3 Å². The van der Waals surface area contributed by atoms with Crippen LogP contribution in [0.5, 0.6) is 5.75 Å². The first-order valence-corrected chi connectivity index (χ1v) is 10.2. The van der Waals surface area contributed by atoms with E-state index in [9.17, 15) is 12.8 Å². The van der Waals surface area contributed by atoms with Gasteiger partial charge < -0.3 is 9.30 Å². The lowest BCUT2D eigenvalue weighted by Crippen LogP contribution is -2.27. The normalized spacial score (nSPS) is 11.7. The lowest BCUT2D eigenvalue weighted by atomic mass is 10.3. The van der Waals surface area contributed by atoms with Crippen molar-refractivity contribution >= 4 is 21.4 Å². The molecule has 0 saturated heterocycles. The number of ether oxygens (including phenoxy) is 1. The van der Waals surface area contributed by atoms with E-state index < -0.39 is 15.8 Å². The molecule has 0 saturated carbocycles. The SMILES string of the molecule is COc1ccc(F)cc1S(=O)(=O)NCCc1nc(-c2cccs2)cn1C. The molecule has 0 amide bonds. The molecule has 0 atom stereocenters. The molecule has 3 aromatic rings. The molecule has 0 unspecified atom stereocenters. The number of halogens is 1. The van der Waals surface area contributed by atoms with E-state index in [0.29, 0.717) is 6.42 Å². The van der Waals surface area contributed by atoms with Gasteiger partial charge in [0.2, 0.25) is 10.0 Å². The molecule has 0 bridgehead atoms. The molecule has 2 heterocycles. The molecule has 0 aliphatic rings. The van der Waals surface area contributed by atoms with Gasteiger partial charge in [0.05, 0.1) is 17.7 Å². The van der Waals surface area contributed by atoms with Crippen LogP contribution in [0.1, 0.15) is 5.82 Å². The number of aromatic nitrogens is 2.